The van der Waals surface area contributed by atoms with Crippen LogP contribution in [0.5, 0.6) is 11.5 Å². The normalized spacial score (nSPS) is 15.9. The fourth-order valence-corrected chi connectivity index (χ4v) is 4.56. The molecule has 7 nitrogen and oxygen atoms in total. The van der Waals surface area contributed by atoms with E-state index in [2.05, 4.69) is 5.10 Å². The molecular formula is C26H27ClF3N3O4. The molecule has 0 saturated carbocycles. The standard InChI is InChI=1S/C26H27ClF3N3O4/c1-3-36-25(34)21-14-31-33(24(21)26(28,29)30)19-5-4-12-32(15-19)22-13-18(27)8-11-23(22)37-16-17-6-9-20(35-2)10-7-17/h6-11,13-14,19H,3-5,12,15-16H2,1-2H3. The Balaban J connectivity index is 1.58. The molecule has 11 heteroatoms. The Morgan fingerprint density at radius 3 is 2.62 bits per heavy atom. The molecule has 0 spiro atoms. The second-order valence-corrected chi connectivity index (χ2v) is 9.00. The molecule has 2 aromatic carbocycles. The second kappa shape index (κ2) is 11.3. The summed E-state index contributed by atoms with van der Waals surface area (Å²) in [5.74, 6) is 0.251. The van der Waals surface area contributed by atoms with Crippen LogP contribution in [0.3, 0.4) is 0 Å². The van der Waals surface area contributed by atoms with Crippen molar-refractivity contribution in [2.24, 2.45) is 0 Å². The molecule has 0 bridgehead atoms. The minimum atomic E-state index is -4.77. The maximum atomic E-state index is 14.0. The Labute approximate surface area is 217 Å². The Morgan fingerprint density at radius 2 is 1.95 bits per heavy atom. The number of hydrogen-bond acceptors (Lipinski definition) is 6. The number of ether oxygens (including phenoxy) is 3. The van der Waals surface area contributed by atoms with Crippen LogP contribution in [0.25, 0.3) is 0 Å². The number of rotatable bonds is 8. The average Bonchev–Trinajstić information content (AvgIpc) is 3.35. The third-order valence-corrected chi connectivity index (χ3v) is 6.35. The Hall–Kier alpha value is -3.40. The van der Waals surface area contributed by atoms with Crippen molar-refractivity contribution in [2.75, 3.05) is 31.7 Å². The molecule has 0 aliphatic carbocycles. The summed E-state index contributed by atoms with van der Waals surface area (Å²) in [6, 6.07) is 12.0. The Bertz CT molecular complexity index is 1230. The highest BCUT2D eigenvalue weighted by Crippen LogP contribution is 2.39. The van der Waals surface area contributed by atoms with Gasteiger partial charge in [-0.05, 0) is 55.7 Å². The molecule has 37 heavy (non-hydrogen) atoms. The highest BCUT2D eigenvalue weighted by atomic mass is 35.5. The van der Waals surface area contributed by atoms with E-state index in [1.807, 2.05) is 29.2 Å². The van der Waals surface area contributed by atoms with Crippen LogP contribution in [-0.4, -0.2) is 42.6 Å². The number of anilines is 1. The third-order valence-electron chi connectivity index (χ3n) is 6.12. The van der Waals surface area contributed by atoms with Crippen molar-refractivity contribution >= 4 is 23.3 Å². The predicted octanol–water partition coefficient (Wildman–Crippen LogP) is 6.16. The number of methoxy groups -OCH3 is 1. The molecule has 1 saturated heterocycles. The number of piperidine rings is 1. The zero-order valence-corrected chi connectivity index (χ0v) is 21.2. The van der Waals surface area contributed by atoms with E-state index in [0.717, 1.165) is 22.2 Å². The van der Waals surface area contributed by atoms with Crippen molar-refractivity contribution < 1.29 is 32.2 Å². The lowest BCUT2D eigenvalue weighted by atomic mass is 10.0. The summed E-state index contributed by atoms with van der Waals surface area (Å²) >= 11 is 6.28. The topological polar surface area (TPSA) is 65.8 Å². The predicted molar refractivity (Wildman–Crippen MR) is 132 cm³/mol. The van der Waals surface area contributed by atoms with Gasteiger partial charge in [-0.3, -0.25) is 4.68 Å². The van der Waals surface area contributed by atoms with Crippen LogP contribution in [0, 0.1) is 0 Å². The van der Waals surface area contributed by atoms with E-state index in [1.165, 1.54) is 6.92 Å². The largest absolute Gasteiger partial charge is 0.497 e. The van der Waals surface area contributed by atoms with Crippen molar-refractivity contribution in [3.8, 4) is 11.5 Å². The van der Waals surface area contributed by atoms with Gasteiger partial charge in [0, 0.05) is 18.1 Å². The number of benzene rings is 2. The van der Waals surface area contributed by atoms with Crippen LogP contribution in [0.1, 0.15) is 47.4 Å². The maximum absolute atomic E-state index is 14.0. The summed E-state index contributed by atoms with van der Waals surface area (Å²) < 4.78 is 59.0. The molecule has 1 fully saturated rings. The van der Waals surface area contributed by atoms with Crippen molar-refractivity contribution in [1.82, 2.24) is 9.78 Å². The Morgan fingerprint density at radius 1 is 1.19 bits per heavy atom. The molecule has 1 aliphatic heterocycles. The van der Waals surface area contributed by atoms with Crippen molar-refractivity contribution in [3.05, 3.63) is 70.5 Å². The number of nitrogens with zero attached hydrogens (tertiary/aromatic N) is 3. The first-order chi connectivity index (χ1) is 17.7. The second-order valence-electron chi connectivity index (χ2n) is 8.56. The average molecular weight is 538 g/mol. The molecule has 0 amide bonds. The van der Waals surface area contributed by atoms with Gasteiger partial charge >= 0.3 is 12.1 Å². The Kier molecular flexibility index (Phi) is 8.16. The number of aromatic nitrogens is 2. The minimum absolute atomic E-state index is 0.0351. The van der Waals surface area contributed by atoms with Gasteiger partial charge in [0.1, 0.15) is 23.7 Å². The minimum Gasteiger partial charge on any atom is -0.497 e. The van der Waals surface area contributed by atoms with E-state index in [9.17, 15) is 18.0 Å². The van der Waals surface area contributed by atoms with Crippen LogP contribution >= 0.6 is 11.6 Å². The summed E-state index contributed by atoms with van der Waals surface area (Å²) in [5, 5.41) is 4.45. The number of esters is 1. The van der Waals surface area contributed by atoms with Crippen molar-refractivity contribution in [2.45, 2.75) is 38.6 Å². The number of hydrogen-bond donors (Lipinski definition) is 0. The highest BCUT2D eigenvalue weighted by Gasteiger charge is 2.42. The van der Waals surface area contributed by atoms with Gasteiger partial charge in [0.15, 0.2) is 5.69 Å². The molecule has 4 rings (SSSR count). The number of carbonyl (C=O) groups is 1. The fraction of sp³-hybridized carbons (Fsp3) is 0.385. The maximum Gasteiger partial charge on any atom is 0.433 e. The van der Waals surface area contributed by atoms with Crippen LogP contribution in [0.15, 0.2) is 48.7 Å². The van der Waals surface area contributed by atoms with Gasteiger partial charge < -0.3 is 19.1 Å². The van der Waals surface area contributed by atoms with Gasteiger partial charge in [-0.1, -0.05) is 23.7 Å². The molecular weight excluding hydrogens is 511 g/mol. The van der Waals surface area contributed by atoms with E-state index in [-0.39, 0.29) is 19.8 Å². The van der Waals surface area contributed by atoms with Gasteiger partial charge in [-0.2, -0.15) is 18.3 Å². The summed E-state index contributed by atoms with van der Waals surface area (Å²) in [4.78, 5) is 14.1. The molecule has 1 aromatic heterocycles. The number of halogens is 4. The fourth-order valence-electron chi connectivity index (χ4n) is 4.40. The van der Waals surface area contributed by atoms with Crippen LogP contribution in [0.2, 0.25) is 5.02 Å². The first-order valence-corrected chi connectivity index (χ1v) is 12.2. The third kappa shape index (κ3) is 6.12. The van der Waals surface area contributed by atoms with Crippen LogP contribution < -0.4 is 14.4 Å². The molecule has 0 radical (unpaired) electrons. The molecule has 1 aliphatic rings. The molecule has 1 unspecified atom stereocenters. The first-order valence-electron chi connectivity index (χ1n) is 11.8. The van der Waals surface area contributed by atoms with E-state index >= 15 is 0 Å². The summed E-state index contributed by atoms with van der Waals surface area (Å²) in [6.45, 7) is 2.62. The SMILES string of the molecule is CCOC(=O)c1cnn(C2CCCN(c3cc(Cl)ccc3OCc3ccc(OC)cc3)C2)c1C(F)(F)F. The molecule has 2 heterocycles. The molecule has 0 N–H and O–H groups in total. The molecule has 198 valence electrons. The van der Waals surface area contributed by atoms with Gasteiger partial charge in [-0.15, -0.1) is 0 Å². The number of carbonyl (C=O) groups excluding carboxylic acids is 1. The van der Waals surface area contributed by atoms with Crippen LogP contribution in [-0.2, 0) is 17.5 Å². The molecule has 3 aromatic rings. The van der Waals surface area contributed by atoms with Gasteiger partial charge in [0.05, 0.1) is 31.6 Å². The zero-order valence-electron chi connectivity index (χ0n) is 20.4. The lowest BCUT2D eigenvalue weighted by Crippen LogP contribution is -2.38. The summed E-state index contributed by atoms with van der Waals surface area (Å²) in [7, 11) is 1.59. The quantitative estimate of drug-likeness (QED) is 0.321. The van der Waals surface area contributed by atoms with Crippen molar-refractivity contribution in [1.29, 1.82) is 0 Å². The van der Waals surface area contributed by atoms with Gasteiger partial charge in [0.2, 0.25) is 0 Å². The molecule has 1 atom stereocenters. The van der Waals surface area contributed by atoms with Gasteiger partial charge in [-0.25, -0.2) is 4.79 Å². The monoisotopic (exact) mass is 537 g/mol. The smallest absolute Gasteiger partial charge is 0.433 e. The van der Waals surface area contributed by atoms with Crippen molar-refractivity contribution in [3.63, 3.8) is 0 Å². The van der Waals surface area contributed by atoms with E-state index in [4.69, 9.17) is 25.8 Å². The van der Waals surface area contributed by atoms with E-state index < -0.39 is 29.4 Å². The lowest BCUT2D eigenvalue weighted by Gasteiger charge is -2.36. The van der Waals surface area contributed by atoms with Crippen LogP contribution in [0.4, 0.5) is 18.9 Å². The van der Waals surface area contributed by atoms with E-state index in [0.29, 0.717) is 35.8 Å². The van der Waals surface area contributed by atoms with Gasteiger partial charge in [0.25, 0.3) is 0 Å². The summed E-state index contributed by atoms with van der Waals surface area (Å²) in [5.41, 5.74) is -0.0780. The summed E-state index contributed by atoms with van der Waals surface area (Å²) in [6.07, 6.45) is -2.76. The first kappa shape index (κ1) is 26.7. The zero-order chi connectivity index (χ0) is 26.6. The lowest BCUT2D eigenvalue weighted by molar-refractivity contribution is -0.145. The van der Waals surface area contributed by atoms with E-state index in [1.54, 1.807) is 25.3 Å². The number of alkyl halides is 3. The highest BCUT2D eigenvalue weighted by molar-refractivity contribution is 6.30.